The molecule has 0 radical (unpaired) electrons. The first-order chi connectivity index (χ1) is 8.46. The van der Waals surface area contributed by atoms with Gasteiger partial charge in [-0.05, 0) is 31.7 Å². The zero-order valence-electron chi connectivity index (χ0n) is 11.8. The topological polar surface area (TPSA) is 46.2 Å². The van der Waals surface area contributed by atoms with E-state index in [0.717, 1.165) is 18.2 Å². The number of nitrogens with one attached hydrogen (secondary N) is 1. The molecule has 3 unspecified atom stereocenters. The first-order valence-electron chi connectivity index (χ1n) is 6.99. The summed E-state index contributed by atoms with van der Waals surface area (Å²) in [4.78, 5) is 0. The van der Waals surface area contributed by atoms with Crippen molar-refractivity contribution in [1.82, 2.24) is 5.32 Å². The molecule has 1 fully saturated rings. The number of hydrogen-bond acceptors (Lipinski definition) is 4. The van der Waals surface area contributed by atoms with Crippen LogP contribution < -0.4 is 5.32 Å². The van der Waals surface area contributed by atoms with Crippen LogP contribution in [0.25, 0.3) is 0 Å². The van der Waals surface area contributed by atoms with Crippen LogP contribution in [-0.2, 0) is 9.84 Å². The van der Waals surface area contributed by atoms with Gasteiger partial charge in [0, 0.05) is 23.3 Å². The Kier molecular flexibility index (Phi) is 7.03. The van der Waals surface area contributed by atoms with Crippen molar-refractivity contribution in [3.05, 3.63) is 0 Å². The van der Waals surface area contributed by atoms with Crippen LogP contribution in [0.5, 0.6) is 0 Å². The first-order valence-corrected chi connectivity index (χ1v) is 10.1. The monoisotopic (exact) mass is 293 g/mol. The van der Waals surface area contributed by atoms with Crippen LogP contribution in [0.3, 0.4) is 0 Å². The molecule has 0 aromatic rings. The van der Waals surface area contributed by atoms with Gasteiger partial charge in [-0.1, -0.05) is 20.3 Å². The molecule has 1 rings (SSSR count). The smallest absolute Gasteiger partial charge is 0.148 e. The molecule has 0 saturated heterocycles. The summed E-state index contributed by atoms with van der Waals surface area (Å²) >= 11 is 1.85. The number of thioether (sulfide) groups is 1. The number of sulfone groups is 1. The molecule has 1 aliphatic carbocycles. The Labute approximate surface area is 116 Å². The maximum Gasteiger partial charge on any atom is 0.148 e. The van der Waals surface area contributed by atoms with E-state index in [1.165, 1.54) is 31.9 Å². The van der Waals surface area contributed by atoms with Gasteiger partial charge in [-0.15, -0.1) is 0 Å². The standard InChI is InChI=1S/C13H27NO2S2/c1-4-11-6-7-12(14-5-2)13(10-11)17-8-9-18(3,15)16/h11-14H,4-10H2,1-3H3. The molecule has 18 heavy (non-hydrogen) atoms. The third-order valence-electron chi connectivity index (χ3n) is 3.73. The van der Waals surface area contributed by atoms with Crippen LogP contribution in [0.15, 0.2) is 0 Å². The van der Waals surface area contributed by atoms with Crippen molar-refractivity contribution >= 4 is 21.6 Å². The predicted molar refractivity (Wildman–Crippen MR) is 81.1 cm³/mol. The number of rotatable bonds is 7. The number of hydrogen-bond donors (Lipinski definition) is 1. The summed E-state index contributed by atoms with van der Waals surface area (Å²) in [6.45, 7) is 5.41. The van der Waals surface area contributed by atoms with Gasteiger partial charge in [0.05, 0.1) is 5.75 Å². The summed E-state index contributed by atoms with van der Waals surface area (Å²) in [5.74, 6) is 1.88. The molecule has 1 saturated carbocycles. The minimum absolute atomic E-state index is 0.309. The van der Waals surface area contributed by atoms with Gasteiger partial charge in [0.15, 0.2) is 0 Å². The van der Waals surface area contributed by atoms with Crippen LogP contribution in [0.2, 0.25) is 0 Å². The Morgan fingerprint density at radius 2 is 2.00 bits per heavy atom. The van der Waals surface area contributed by atoms with E-state index < -0.39 is 9.84 Å². The third kappa shape index (κ3) is 5.93. The summed E-state index contributed by atoms with van der Waals surface area (Å²) in [5.41, 5.74) is 0. The molecule has 0 spiro atoms. The fraction of sp³-hybridized carbons (Fsp3) is 1.00. The predicted octanol–water partition coefficient (Wildman–Crippen LogP) is 2.32. The third-order valence-corrected chi connectivity index (χ3v) is 6.32. The lowest BCUT2D eigenvalue weighted by Crippen LogP contribution is -2.42. The second-order valence-electron chi connectivity index (χ2n) is 5.29. The average Bonchev–Trinajstić information content (AvgIpc) is 2.30. The van der Waals surface area contributed by atoms with Crippen molar-refractivity contribution in [2.45, 2.75) is 50.8 Å². The summed E-state index contributed by atoms with van der Waals surface area (Å²) in [7, 11) is -2.82. The second-order valence-corrected chi connectivity index (χ2v) is 8.90. The van der Waals surface area contributed by atoms with E-state index in [0.29, 0.717) is 17.0 Å². The summed E-state index contributed by atoms with van der Waals surface area (Å²) in [5, 5.41) is 4.14. The summed E-state index contributed by atoms with van der Waals surface area (Å²) in [6.07, 6.45) is 6.37. The Hall–Kier alpha value is 0.260. The maximum atomic E-state index is 11.2. The molecule has 1 aliphatic rings. The van der Waals surface area contributed by atoms with Crippen LogP contribution >= 0.6 is 11.8 Å². The first kappa shape index (κ1) is 16.3. The second kappa shape index (κ2) is 7.75. The largest absolute Gasteiger partial charge is 0.313 e. The quantitative estimate of drug-likeness (QED) is 0.782. The lowest BCUT2D eigenvalue weighted by Gasteiger charge is -2.36. The Balaban J connectivity index is 2.45. The Morgan fingerprint density at radius 1 is 1.28 bits per heavy atom. The fourth-order valence-corrected chi connectivity index (χ4v) is 5.38. The molecule has 5 heteroatoms. The SMILES string of the molecule is CCNC1CCC(CC)CC1SCCS(C)(=O)=O. The highest BCUT2D eigenvalue weighted by Crippen LogP contribution is 2.34. The van der Waals surface area contributed by atoms with Crippen molar-refractivity contribution in [2.75, 3.05) is 24.3 Å². The van der Waals surface area contributed by atoms with Crippen molar-refractivity contribution < 1.29 is 8.42 Å². The molecular weight excluding hydrogens is 266 g/mol. The molecule has 3 nitrogen and oxygen atoms in total. The van der Waals surface area contributed by atoms with Gasteiger partial charge >= 0.3 is 0 Å². The van der Waals surface area contributed by atoms with E-state index in [1.54, 1.807) is 0 Å². The lowest BCUT2D eigenvalue weighted by molar-refractivity contribution is 0.298. The zero-order chi connectivity index (χ0) is 13.6. The van der Waals surface area contributed by atoms with E-state index in [9.17, 15) is 8.42 Å². The van der Waals surface area contributed by atoms with Gasteiger partial charge in [-0.25, -0.2) is 8.42 Å². The van der Waals surface area contributed by atoms with E-state index in [1.807, 2.05) is 11.8 Å². The van der Waals surface area contributed by atoms with Crippen molar-refractivity contribution in [2.24, 2.45) is 5.92 Å². The molecule has 3 atom stereocenters. The normalized spacial score (nSPS) is 29.4. The molecule has 0 amide bonds. The summed E-state index contributed by atoms with van der Waals surface area (Å²) in [6, 6.07) is 0.572. The Morgan fingerprint density at radius 3 is 2.56 bits per heavy atom. The minimum atomic E-state index is -2.82. The van der Waals surface area contributed by atoms with Crippen molar-refractivity contribution in [3.63, 3.8) is 0 Å². The molecule has 0 aromatic carbocycles. The van der Waals surface area contributed by atoms with Crippen LogP contribution in [0, 0.1) is 5.92 Å². The average molecular weight is 293 g/mol. The highest BCUT2D eigenvalue weighted by molar-refractivity contribution is 8.01. The highest BCUT2D eigenvalue weighted by atomic mass is 32.2. The Bertz CT molecular complexity index is 330. The van der Waals surface area contributed by atoms with Gasteiger partial charge < -0.3 is 5.32 Å². The lowest BCUT2D eigenvalue weighted by atomic mass is 9.84. The van der Waals surface area contributed by atoms with Gasteiger partial charge in [0.1, 0.15) is 9.84 Å². The molecular formula is C13H27NO2S2. The summed E-state index contributed by atoms with van der Waals surface area (Å²) < 4.78 is 22.3. The van der Waals surface area contributed by atoms with Crippen LogP contribution in [0.1, 0.15) is 39.5 Å². The van der Waals surface area contributed by atoms with E-state index in [-0.39, 0.29) is 0 Å². The molecule has 0 heterocycles. The minimum Gasteiger partial charge on any atom is -0.313 e. The van der Waals surface area contributed by atoms with Crippen LogP contribution in [-0.4, -0.2) is 44.0 Å². The van der Waals surface area contributed by atoms with Gasteiger partial charge in [0.2, 0.25) is 0 Å². The molecule has 0 aromatic heterocycles. The van der Waals surface area contributed by atoms with Gasteiger partial charge in [-0.3, -0.25) is 0 Å². The highest BCUT2D eigenvalue weighted by Gasteiger charge is 2.29. The molecule has 108 valence electrons. The van der Waals surface area contributed by atoms with E-state index in [4.69, 9.17) is 0 Å². The van der Waals surface area contributed by atoms with E-state index >= 15 is 0 Å². The fourth-order valence-electron chi connectivity index (χ4n) is 2.61. The molecule has 1 N–H and O–H groups in total. The zero-order valence-corrected chi connectivity index (χ0v) is 13.4. The molecule has 0 bridgehead atoms. The van der Waals surface area contributed by atoms with Gasteiger partial charge in [0.25, 0.3) is 0 Å². The van der Waals surface area contributed by atoms with Gasteiger partial charge in [-0.2, -0.15) is 11.8 Å². The van der Waals surface area contributed by atoms with Crippen molar-refractivity contribution in [3.8, 4) is 0 Å². The van der Waals surface area contributed by atoms with E-state index in [2.05, 4.69) is 19.2 Å². The van der Waals surface area contributed by atoms with Crippen molar-refractivity contribution in [1.29, 1.82) is 0 Å². The van der Waals surface area contributed by atoms with Crippen LogP contribution in [0.4, 0.5) is 0 Å². The molecule has 0 aliphatic heterocycles. The maximum absolute atomic E-state index is 11.2.